The van der Waals surface area contributed by atoms with Crippen molar-refractivity contribution in [3.8, 4) is 0 Å². The van der Waals surface area contributed by atoms with Gasteiger partial charge >= 0.3 is 0 Å². The molecule has 0 aromatic rings. The van der Waals surface area contributed by atoms with E-state index in [1.54, 1.807) is 6.40 Å². The van der Waals surface area contributed by atoms with Gasteiger partial charge in [-0.3, -0.25) is 4.99 Å². The summed E-state index contributed by atoms with van der Waals surface area (Å²) in [6, 6.07) is 0. The van der Waals surface area contributed by atoms with Crippen molar-refractivity contribution >= 4 is 6.40 Å². The summed E-state index contributed by atoms with van der Waals surface area (Å²) in [4.78, 5) is 4.04. The van der Waals surface area contributed by atoms with Gasteiger partial charge in [-0.25, -0.2) is 0 Å². The molecule has 1 aliphatic heterocycles. The van der Waals surface area contributed by atoms with Crippen molar-refractivity contribution in [2.45, 2.75) is 19.4 Å². The molecule has 64 valence electrons. The van der Waals surface area contributed by atoms with Crippen LogP contribution in [0.5, 0.6) is 0 Å². The monoisotopic (exact) mass is 163 g/mol. The van der Waals surface area contributed by atoms with E-state index in [0.717, 1.165) is 13.0 Å². The first-order chi connectivity index (χ1) is 5.86. The van der Waals surface area contributed by atoms with Crippen LogP contribution in [-0.4, -0.2) is 19.0 Å². The third kappa shape index (κ3) is 1.42. The molecule has 0 aromatic carbocycles. The summed E-state index contributed by atoms with van der Waals surface area (Å²) in [7, 11) is 0. The molecular formula is C10H13NO. The van der Waals surface area contributed by atoms with Gasteiger partial charge in [0.05, 0.1) is 6.54 Å². The molecule has 2 aliphatic rings. The molecule has 1 aliphatic carbocycles. The van der Waals surface area contributed by atoms with E-state index in [-0.39, 0.29) is 6.10 Å². The minimum Gasteiger partial charge on any atom is -0.474 e. The highest BCUT2D eigenvalue weighted by Gasteiger charge is 2.18. The van der Waals surface area contributed by atoms with Crippen LogP contribution in [0.25, 0.3) is 0 Å². The van der Waals surface area contributed by atoms with Crippen LogP contribution in [0.15, 0.2) is 28.8 Å². The molecule has 2 rings (SSSR count). The molecular weight excluding hydrogens is 150 g/mol. The number of allylic oxidation sites excluding steroid dienone is 2. The van der Waals surface area contributed by atoms with Crippen molar-refractivity contribution in [1.82, 2.24) is 0 Å². The van der Waals surface area contributed by atoms with Crippen LogP contribution < -0.4 is 0 Å². The Morgan fingerprint density at radius 1 is 1.58 bits per heavy atom. The largest absolute Gasteiger partial charge is 0.474 e. The standard InChI is InChI=1S/C10H13NO/c1-8-3-2-4-9(5-8)10-6-11-7-12-10/h2,4-5,7-8,10H,3,6H2,1H3. The Labute approximate surface area is 72.6 Å². The van der Waals surface area contributed by atoms with Gasteiger partial charge in [0.2, 0.25) is 0 Å². The Balaban J connectivity index is 2.07. The van der Waals surface area contributed by atoms with Crippen molar-refractivity contribution in [2.24, 2.45) is 10.9 Å². The first kappa shape index (κ1) is 7.59. The maximum Gasteiger partial charge on any atom is 0.170 e. The predicted molar refractivity (Wildman–Crippen MR) is 49.2 cm³/mol. The highest BCUT2D eigenvalue weighted by atomic mass is 16.5. The average molecular weight is 163 g/mol. The summed E-state index contributed by atoms with van der Waals surface area (Å²) >= 11 is 0. The lowest BCUT2D eigenvalue weighted by atomic mass is 9.95. The van der Waals surface area contributed by atoms with Crippen LogP contribution in [0, 0.1) is 5.92 Å². The molecule has 2 heteroatoms. The van der Waals surface area contributed by atoms with Crippen molar-refractivity contribution < 1.29 is 4.74 Å². The van der Waals surface area contributed by atoms with Crippen molar-refractivity contribution in [1.29, 1.82) is 0 Å². The molecule has 2 nitrogen and oxygen atoms in total. The van der Waals surface area contributed by atoms with Crippen LogP contribution >= 0.6 is 0 Å². The molecule has 0 amide bonds. The molecule has 0 saturated carbocycles. The Bertz CT molecular complexity index is 245. The molecule has 2 unspecified atom stereocenters. The van der Waals surface area contributed by atoms with Crippen molar-refractivity contribution in [3.05, 3.63) is 23.8 Å². The van der Waals surface area contributed by atoms with E-state index in [1.165, 1.54) is 5.57 Å². The number of hydrogen-bond donors (Lipinski definition) is 0. The van der Waals surface area contributed by atoms with E-state index in [4.69, 9.17) is 4.74 Å². The summed E-state index contributed by atoms with van der Waals surface area (Å²) in [6.45, 7) is 3.00. The molecule has 12 heavy (non-hydrogen) atoms. The summed E-state index contributed by atoms with van der Waals surface area (Å²) in [5.41, 5.74) is 1.28. The van der Waals surface area contributed by atoms with E-state index in [1.807, 2.05) is 0 Å². The van der Waals surface area contributed by atoms with Crippen LogP contribution in [0.2, 0.25) is 0 Å². The quantitative estimate of drug-likeness (QED) is 0.579. The highest BCUT2D eigenvalue weighted by Crippen LogP contribution is 2.21. The smallest absolute Gasteiger partial charge is 0.170 e. The number of nitrogens with zero attached hydrogens (tertiary/aromatic N) is 1. The van der Waals surface area contributed by atoms with Crippen LogP contribution in [-0.2, 0) is 4.74 Å². The Morgan fingerprint density at radius 3 is 3.17 bits per heavy atom. The van der Waals surface area contributed by atoms with Crippen LogP contribution in [0.3, 0.4) is 0 Å². The second-order valence-corrected chi connectivity index (χ2v) is 3.38. The molecule has 0 bridgehead atoms. The third-order valence-corrected chi connectivity index (χ3v) is 2.24. The normalized spacial score (nSPS) is 33.2. The molecule has 0 N–H and O–H groups in total. The molecule has 1 heterocycles. The van der Waals surface area contributed by atoms with E-state index < -0.39 is 0 Å². The van der Waals surface area contributed by atoms with Crippen molar-refractivity contribution in [3.63, 3.8) is 0 Å². The van der Waals surface area contributed by atoms with Gasteiger partial charge in [-0.2, -0.15) is 0 Å². The van der Waals surface area contributed by atoms with E-state index in [2.05, 4.69) is 30.1 Å². The zero-order chi connectivity index (χ0) is 8.39. The lowest BCUT2D eigenvalue weighted by molar-refractivity contribution is 0.274. The third-order valence-electron chi connectivity index (χ3n) is 2.24. The van der Waals surface area contributed by atoms with Gasteiger partial charge in [0.25, 0.3) is 0 Å². The van der Waals surface area contributed by atoms with Gasteiger partial charge in [0.1, 0.15) is 6.10 Å². The van der Waals surface area contributed by atoms with E-state index in [0.29, 0.717) is 5.92 Å². The van der Waals surface area contributed by atoms with Crippen molar-refractivity contribution in [2.75, 3.05) is 6.54 Å². The SMILES string of the molecule is CC1C=C(C2CN=CO2)C=CC1. The second kappa shape index (κ2) is 3.13. The number of rotatable bonds is 1. The topological polar surface area (TPSA) is 21.6 Å². The summed E-state index contributed by atoms with van der Waals surface area (Å²) in [5, 5.41) is 0. The van der Waals surface area contributed by atoms with Gasteiger partial charge in [0.15, 0.2) is 6.40 Å². The maximum atomic E-state index is 5.33. The van der Waals surface area contributed by atoms with Gasteiger partial charge in [-0.1, -0.05) is 25.2 Å². The first-order valence-corrected chi connectivity index (χ1v) is 4.38. The number of aliphatic imine (C=N–C) groups is 1. The zero-order valence-electron chi connectivity index (χ0n) is 7.23. The minimum absolute atomic E-state index is 0.184. The van der Waals surface area contributed by atoms with E-state index >= 15 is 0 Å². The van der Waals surface area contributed by atoms with Gasteiger partial charge in [-0.05, 0) is 17.9 Å². The van der Waals surface area contributed by atoms with Gasteiger partial charge in [-0.15, -0.1) is 0 Å². The summed E-state index contributed by atoms with van der Waals surface area (Å²) in [5.74, 6) is 0.647. The second-order valence-electron chi connectivity index (χ2n) is 3.38. The first-order valence-electron chi connectivity index (χ1n) is 4.38. The van der Waals surface area contributed by atoms with Crippen LogP contribution in [0.4, 0.5) is 0 Å². The fraction of sp³-hybridized carbons (Fsp3) is 0.500. The maximum absolute atomic E-state index is 5.33. The van der Waals surface area contributed by atoms with Gasteiger partial charge in [0, 0.05) is 0 Å². The molecule has 0 radical (unpaired) electrons. The molecule has 0 saturated heterocycles. The number of ether oxygens (including phenoxy) is 1. The summed E-state index contributed by atoms with van der Waals surface area (Å²) < 4.78 is 5.33. The molecule has 2 atom stereocenters. The Kier molecular flexibility index (Phi) is 1.98. The van der Waals surface area contributed by atoms with Crippen LogP contribution in [0.1, 0.15) is 13.3 Å². The zero-order valence-corrected chi connectivity index (χ0v) is 7.23. The molecule has 0 aromatic heterocycles. The molecule has 0 spiro atoms. The van der Waals surface area contributed by atoms with Gasteiger partial charge < -0.3 is 4.74 Å². The number of hydrogen-bond acceptors (Lipinski definition) is 2. The highest BCUT2D eigenvalue weighted by molar-refractivity contribution is 5.51. The average Bonchev–Trinajstić information content (AvgIpc) is 2.56. The minimum atomic E-state index is 0.184. The summed E-state index contributed by atoms with van der Waals surface area (Å²) in [6.07, 6.45) is 9.53. The fourth-order valence-corrected chi connectivity index (χ4v) is 1.57. The van der Waals surface area contributed by atoms with E-state index in [9.17, 15) is 0 Å². The predicted octanol–water partition coefficient (Wildman–Crippen LogP) is 1.94. The Hall–Kier alpha value is -1.05. The Morgan fingerprint density at radius 2 is 2.50 bits per heavy atom. The molecule has 0 fully saturated rings. The lowest BCUT2D eigenvalue weighted by Crippen LogP contribution is -2.14. The lowest BCUT2D eigenvalue weighted by Gasteiger charge is -2.16. The fourth-order valence-electron chi connectivity index (χ4n) is 1.57.